The van der Waals surface area contributed by atoms with Gasteiger partial charge in [0.1, 0.15) is 5.75 Å². The van der Waals surface area contributed by atoms with Crippen molar-refractivity contribution in [3.05, 3.63) is 29.0 Å². The summed E-state index contributed by atoms with van der Waals surface area (Å²) >= 11 is 0.988. The number of imide groups is 1. The average molecular weight is 284 g/mol. The Kier molecular flexibility index (Phi) is 5.55. The molecule has 3 N–H and O–H groups in total. The minimum Gasteiger partial charge on any atom is -0.482 e. The highest BCUT2D eigenvalue weighted by molar-refractivity contribution is 7.12. The summed E-state index contributed by atoms with van der Waals surface area (Å²) in [6.45, 7) is 3.19. The summed E-state index contributed by atoms with van der Waals surface area (Å²) in [7, 11) is 0. The molecule has 1 aromatic heterocycles. The maximum Gasteiger partial charge on any atom is 0.349 e. The second-order valence-electron chi connectivity index (χ2n) is 3.25. The number of carboxylic acid groups (broad SMARTS) is 1. The lowest BCUT2D eigenvalue weighted by Crippen LogP contribution is -2.41. The molecule has 1 rings (SSSR count). The van der Waals surface area contributed by atoms with Gasteiger partial charge in [-0.1, -0.05) is 6.08 Å². The van der Waals surface area contributed by atoms with E-state index in [1.165, 1.54) is 17.5 Å². The summed E-state index contributed by atoms with van der Waals surface area (Å²) in [5, 5.41) is 14.7. The van der Waals surface area contributed by atoms with Gasteiger partial charge in [-0.3, -0.25) is 10.1 Å². The zero-order valence-corrected chi connectivity index (χ0v) is 10.7. The number of rotatable bonds is 6. The number of amides is 3. The van der Waals surface area contributed by atoms with Crippen LogP contribution in [0.5, 0.6) is 5.75 Å². The Morgan fingerprint density at radius 3 is 2.84 bits per heavy atom. The number of hydrogen-bond acceptors (Lipinski definition) is 5. The number of hydrogen-bond donors (Lipinski definition) is 3. The molecular weight excluding hydrogens is 272 g/mol. The van der Waals surface area contributed by atoms with Crippen molar-refractivity contribution in [3.8, 4) is 5.75 Å². The van der Waals surface area contributed by atoms with Gasteiger partial charge in [0.2, 0.25) is 0 Å². The van der Waals surface area contributed by atoms with Crippen LogP contribution in [0.1, 0.15) is 9.67 Å². The van der Waals surface area contributed by atoms with E-state index in [0.717, 1.165) is 11.3 Å². The zero-order valence-electron chi connectivity index (χ0n) is 9.84. The zero-order chi connectivity index (χ0) is 14.3. The number of aromatic carboxylic acids is 1. The summed E-state index contributed by atoms with van der Waals surface area (Å²) in [5.74, 6) is -1.71. The first-order chi connectivity index (χ1) is 9.04. The van der Waals surface area contributed by atoms with Gasteiger partial charge in [0, 0.05) is 6.54 Å². The number of ether oxygens (including phenoxy) is 1. The molecule has 0 bridgehead atoms. The summed E-state index contributed by atoms with van der Waals surface area (Å²) in [5.41, 5.74) is 0. The van der Waals surface area contributed by atoms with Gasteiger partial charge in [0.25, 0.3) is 5.91 Å². The third kappa shape index (κ3) is 4.80. The second-order valence-corrected chi connectivity index (χ2v) is 4.17. The van der Waals surface area contributed by atoms with Gasteiger partial charge in [-0.15, -0.1) is 17.9 Å². The Morgan fingerprint density at radius 2 is 2.21 bits per heavy atom. The topological polar surface area (TPSA) is 105 Å². The van der Waals surface area contributed by atoms with Gasteiger partial charge >= 0.3 is 12.0 Å². The van der Waals surface area contributed by atoms with Gasteiger partial charge in [-0.25, -0.2) is 9.59 Å². The molecule has 0 aliphatic heterocycles. The fourth-order valence-corrected chi connectivity index (χ4v) is 1.75. The number of carbonyl (C=O) groups excluding carboxylic acids is 2. The van der Waals surface area contributed by atoms with Crippen molar-refractivity contribution in [3.63, 3.8) is 0 Å². The van der Waals surface area contributed by atoms with E-state index in [1.807, 2.05) is 5.32 Å². The van der Waals surface area contributed by atoms with Crippen LogP contribution < -0.4 is 15.4 Å². The van der Waals surface area contributed by atoms with E-state index in [1.54, 1.807) is 0 Å². The minimum atomic E-state index is -1.13. The number of carbonyl (C=O) groups is 3. The molecule has 3 amide bonds. The highest BCUT2D eigenvalue weighted by Crippen LogP contribution is 2.24. The highest BCUT2D eigenvalue weighted by atomic mass is 32.1. The predicted molar refractivity (Wildman–Crippen MR) is 68.5 cm³/mol. The number of carboxylic acids is 1. The van der Waals surface area contributed by atoms with E-state index in [9.17, 15) is 14.4 Å². The molecule has 0 saturated carbocycles. The van der Waals surface area contributed by atoms with E-state index in [-0.39, 0.29) is 17.2 Å². The van der Waals surface area contributed by atoms with E-state index in [4.69, 9.17) is 9.84 Å². The van der Waals surface area contributed by atoms with Gasteiger partial charge in [0.15, 0.2) is 11.5 Å². The molecule has 0 spiro atoms. The first kappa shape index (κ1) is 14.7. The van der Waals surface area contributed by atoms with Crippen molar-refractivity contribution in [2.75, 3.05) is 13.2 Å². The first-order valence-electron chi connectivity index (χ1n) is 5.16. The molecule has 0 aliphatic carbocycles. The Labute approximate surface area is 112 Å². The molecule has 0 aromatic carbocycles. The van der Waals surface area contributed by atoms with Crippen molar-refractivity contribution in [1.29, 1.82) is 0 Å². The van der Waals surface area contributed by atoms with Crippen molar-refractivity contribution in [2.24, 2.45) is 0 Å². The lowest BCUT2D eigenvalue weighted by molar-refractivity contribution is -0.122. The molecular formula is C11H12N2O5S. The van der Waals surface area contributed by atoms with Gasteiger partial charge < -0.3 is 15.2 Å². The maximum atomic E-state index is 11.3. The molecule has 0 radical (unpaired) electrons. The highest BCUT2D eigenvalue weighted by Gasteiger charge is 2.14. The molecule has 0 saturated heterocycles. The Morgan fingerprint density at radius 1 is 1.47 bits per heavy atom. The molecule has 8 heteroatoms. The normalized spacial score (nSPS) is 9.47. The number of thiophene rings is 1. The molecule has 0 unspecified atom stereocenters. The van der Waals surface area contributed by atoms with E-state index >= 15 is 0 Å². The second kappa shape index (κ2) is 7.17. The van der Waals surface area contributed by atoms with Crippen molar-refractivity contribution in [1.82, 2.24) is 10.6 Å². The smallest absolute Gasteiger partial charge is 0.349 e. The van der Waals surface area contributed by atoms with Crippen LogP contribution in [0.15, 0.2) is 24.1 Å². The molecule has 1 heterocycles. The lowest BCUT2D eigenvalue weighted by atomic mass is 10.4. The molecule has 1 aromatic rings. The number of nitrogens with one attached hydrogen (secondary N) is 2. The fraction of sp³-hybridized carbons (Fsp3) is 0.182. The van der Waals surface area contributed by atoms with Crippen LogP contribution in [0.3, 0.4) is 0 Å². The van der Waals surface area contributed by atoms with Gasteiger partial charge in [-0.05, 0) is 11.4 Å². The molecule has 102 valence electrons. The largest absolute Gasteiger partial charge is 0.482 e. The Balaban J connectivity index is 2.41. The lowest BCUT2D eigenvalue weighted by Gasteiger charge is -2.06. The summed E-state index contributed by atoms with van der Waals surface area (Å²) < 4.78 is 5.02. The monoisotopic (exact) mass is 284 g/mol. The summed E-state index contributed by atoms with van der Waals surface area (Å²) in [6, 6.07) is 0.774. The Hall–Kier alpha value is -2.35. The van der Waals surface area contributed by atoms with Crippen LogP contribution in [-0.2, 0) is 4.79 Å². The third-order valence-electron chi connectivity index (χ3n) is 1.84. The van der Waals surface area contributed by atoms with Crippen LogP contribution in [0, 0.1) is 0 Å². The molecule has 19 heavy (non-hydrogen) atoms. The molecule has 0 fully saturated rings. The quantitative estimate of drug-likeness (QED) is 0.671. The number of urea groups is 1. The SMILES string of the molecule is C=CCNC(=O)NC(=O)COc1ccsc1C(=O)O. The maximum absolute atomic E-state index is 11.3. The van der Waals surface area contributed by atoms with E-state index in [0.29, 0.717) is 0 Å². The molecule has 7 nitrogen and oxygen atoms in total. The van der Waals surface area contributed by atoms with Crippen molar-refractivity contribution < 1.29 is 24.2 Å². The van der Waals surface area contributed by atoms with Crippen LogP contribution in [0.4, 0.5) is 4.79 Å². The van der Waals surface area contributed by atoms with Crippen molar-refractivity contribution >= 4 is 29.2 Å². The van der Waals surface area contributed by atoms with Crippen LogP contribution in [0.25, 0.3) is 0 Å². The first-order valence-corrected chi connectivity index (χ1v) is 6.04. The van der Waals surface area contributed by atoms with Crippen LogP contribution >= 0.6 is 11.3 Å². The predicted octanol–water partition coefficient (Wildman–Crippen LogP) is 0.837. The fourth-order valence-electron chi connectivity index (χ4n) is 1.08. The summed E-state index contributed by atoms with van der Waals surface area (Å²) in [4.78, 5) is 33.2. The van der Waals surface area contributed by atoms with E-state index < -0.39 is 24.5 Å². The van der Waals surface area contributed by atoms with Crippen LogP contribution in [-0.4, -0.2) is 36.2 Å². The van der Waals surface area contributed by atoms with Gasteiger partial charge in [0.05, 0.1) is 0 Å². The van der Waals surface area contributed by atoms with Gasteiger partial charge in [-0.2, -0.15) is 0 Å². The molecule has 0 aliphatic rings. The Bertz CT molecular complexity index is 497. The van der Waals surface area contributed by atoms with E-state index in [2.05, 4.69) is 11.9 Å². The molecule has 0 atom stereocenters. The standard InChI is InChI=1S/C11H12N2O5S/c1-2-4-12-11(17)13-8(14)6-18-7-3-5-19-9(7)10(15)16/h2-3,5H,1,4,6H2,(H,15,16)(H2,12,13,14,17). The third-order valence-corrected chi connectivity index (χ3v) is 2.73. The van der Waals surface area contributed by atoms with Crippen LogP contribution in [0.2, 0.25) is 0 Å². The average Bonchev–Trinajstić information content (AvgIpc) is 2.82. The van der Waals surface area contributed by atoms with Crippen molar-refractivity contribution in [2.45, 2.75) is 0 Å². The summed E-state index contributed by atoms with van der Waals surface area (Å²) in [6.07, 6.45) is 1.46. The minimum absolute atomic E-state index is 0.00362.